The first-order valence-electron chi connectivity index (χ1n) is 15.5. The SMILES string of the molecule is CCc1ccccc1N(CC(=O)N(Cc1c(Cl)cccc1Cl)C(Cc1ccccc1)C(=O)NC(C)(C)C)S(=O)(=O)c1ccc(C)cc1. The molecule has 1 unspecified atom stereocenters. The standard InChI is InChI=1S/C37H41Cl2N3O4S/c1-6-28-15-10-11-18-33(28)42(47(45,46)29-21-19-26(2)20-22-29)25-35(43)41(24-30-31(38)16-12-17-32(30)39)34(36(44)40-37(3,4)5)23-27-13-8-7-9-14-27/h7-22,34H,6,23-25H2,1-5H3,(H,40,44). The van der Waals surface area contributed by atoms with E-state index >= 15 is 0 Å². The van der Waals surface area contributed by atoms with Gasteiger partial charge in [-0.25, -0.2) is 8.42 Å². The second kappa shape index (κ2) is 15.4. The lowest BCUT2D eigenvalue weighted by atomic mass is 10.0. The van der Waals surface area contributed by atoms with E-state index in [0.29, 0.717) is 27.7 Å². The molecule has 4 aromatic rings. The maximum atomic E-state index is 14.7. The third-order valence-electron chi connectivity index (χ3n) is 7.69. The van der Waals surface area contributed by atoms with E-state index in [0.717, 1.165) is 21.0 Å². The van der Waals surface area contributed by atoms with Gasteiger partial charge >= 0.3 is 0 Å². The Kier molecular flexibility index (Phi) is 11.8. The Morgan fingerprint density at radius 3 is 2.02 bits per heavy atom. The Bertz CT molecular complexity index is 1790. The van der Waals surface area contributed by atoms with Crippen molar-refractivity contribution in [1.29, 1.82) is 0 Å². The first-order valence-corrected chi connectivity index (χ1v) is 17.7. The number of carbonyl (C=O) groups excluding carboxylic acids is 2. The number of halogens is 2. The molecule has 0 aliphatic carbocycles. The smallest absolute Gasteiger partial charge is 0.264 e. The highest BCUT2D eigenvalue weighted by Crippen LogP contribution is 2.31. The summed E-state index contributed by atoms with van der Waals surface area (Å²) in [5.74, 6) is -0.979. The average Bonchev–Trinajstić information content (AvgIpc) is 3.02. The van der Waals surface area contributed by atoms with E-state index in [9.17, 15) is 18.0 Å². The number of sulfonamides is 1. The summed E-state index contributed by atoms with van der Waals surface area (Å²) < 4.78 is 29.8. The molecule has 47 heavy (non-hydrogen) atoms. The van der Waals surface area contributed by atoms with Crippen LogP contribution in [0.5, 0.6) is 0 Å². The summed E-state index contributed by atoms with van der Waals surface area (Å²) in [6, 6.07) is 27.0. The van der Waals surface area contributed by atoms with Crippen LogP contribution in [-0.4, -0.2) is 43.3 Å². The van der Waals surface area contributed by atoms with E-state index < -0.39 is 34.1 Å². The summed E-state index contributed by atoms with van der Waals surface area (Å²) >= 11 is 13.2. The Labute approximate surface area is 288 Å². The molecule has 0 fully saturated rings. The van der Waals surface area contributed by atoms with Crippen molar-refractivity contribution in [3.63, 3.8) is 0 Å². The van der Waals surface area contributed by atoms with Gasteiger partial charge in [0.2, 0.25) is 11.8 Å². The first-order chi connectivity index (χ1) is 22.2. The summed E-state index contributed by atoms with van der Waals surface area (Å²) in [4.78, 5) is 30.3. The van der Waals surface area contributed by atoms with E-state index in [4.69, 9.17) is 23.2 Å². The highest BCUT2D eigenvalue weighted by atomic mass is 35.5. The van der Waals surface area contributed by atoms with Gasteiger partial charge in [-0.15, -0.1) is 0 Å². The fraction of sp³-hybridized carbons (Fsp3) is 0.297. The number of benzene rings is 4. The molecule has 0 aliphatic heterocycles. The van der Waals surface area contributed by atoms with Crippen LogP contribution in [0.15, 0.2) is 102 Å². The minimum atomic E-state index is -4.22. The summed E-state index contributed by atoms with van der Waals surface area (Å²) in [6.45, 7) is 8.69. The summed E-state index contributed by atoms with van der Waals surface area (Å²) in [7, 11) is -4.22. The van der Waals surface area contributed by atoms with Crippen LogP contribution in [0.1, 0.15) is 49.9 Å². The van der Waals surface area contributed by atoms with Crippen molar-refractivity contribution < 1.29 is 18.0 Å². The Hall–Kier alpha value is -3.85. The van der Waals surface area contributed by atoms with Crippen molar-refractivity contribution in [3.8, 4) is 0 Å². The number of nitrogens with one attached hydrogen (secondary N) is 1. The maximum absolute atomic E-state index is 14.7. The van der Waals surface area contributed by atoms with E-state index in [1.807, 2.05) is 77.1 Å². The molecular formula is C37H41Cl2N3O4S. The highest BCUT2D eigenvalue weighted by Gasteiger charge is 2.36. The number of hydrogen-bond donors (Lipinski definition) is 1. The summed E-state index contributed by atoms with van der Waals surface area (Å²) in [6.07, 6.45) is 0.709. The largest absolute Gasteiger partial charge is 0.350 e. The van der Waals surface area contributed by atoms with Crippen LogP contribution in [-0.2, 0) is 39.0 Å². The van der Waals surface area contributed by atoms with E-state index in [2.05, 4.69) is 5.32 Å². The van der Waals surface area contributed by atoms with Gasteiger partial charge in [-0.3, -0.25) is 13.9 Å². The number of aryl methyl sites for hydroxylation is 2. The van der Waals surface area contributed by atoms with Gasteiger partial charge in [0.05, 0.1) is 10.6 Å². The summed E-state index contributed by atoms with van der Waals surface area (Å²) in [5.41, 5.74) is 2.71. The molecule has 1 N–H and O–H groups in total. The fourth-order valence-electron chi connectivity index (χ4n) is 5.26. The van der Waals surface area contributed by atoms with Gasteiger partial charge in [0.25, 0.3) is 10.0 Å². The van der Waals surface area contributed by atoms with Gasteiger partial charge in [0, 0.05) is 34.1 Å². The van der Waals surface area contributed by atoms with E-state index in [1.54, 1.807) is 42.5 Å². The van der Waals surface area contributed by atoms with Gasteiger partial charge in [0.15, 0.2) is 0 Å². The van der Waals surface area contributed by atoms with Gasteiger partial charge < -0.3 is 10.2 Å². The minimum Gasteiger partial charge on any atom is -0.350 e. The zero-order valence-electron chi connectivity index (χ0n) is 27.3. The molecule has 10 heteroatoms. The molecule has 0 bridgehead atoms. The van der Waals surface area contributed by atoms with Crippen molar-refractivity contribution in [2.24, 2.45) is 0 Å². The van der Waals surface area contributed by atoms with Crippen LogP contribution in [0.3, 0.4) is 0 Å². The second-order valence-electron chi connectivity index (χ2n) is 12.5. The Morgan fingerprint density at radius 2 is 1.43 bits per heavy atom. The van der Waals surface area contributed by atoms with Crippen molar-refractivity contribution in [2.75, 3.05) is 10.8 Å². The molecular weight excluding hydrogens is 653 g/mol. The summed E-state index contributed by atoms with van der Waals surface area (Å²) in [5, 5.41) is 3.67. The third-order valence-corrected chi connectivity index (χ3v) is 10.2. The van der Waals surface area contributed by atoms with Crippen molar-refractivity contribution in [2.45, 2.75) is 70.5 Å². The van der Waals surface area contributed by atoms with Crippen LogP contribution in [0.4, 0.5) is 5.69 Å². The molecule has 0 radical (unpaired) electrons. The van der Waals surface area contributed by atoms with Crippen molar-refractivity contribution in [1.82, 2.24) is 10.2 Å². The van der Waals surface area contributed by atoms with E-state index in [1.165, 1.54) is 17.0 Å². The van der Waals surface area contributed by atoms with Crippen LogP contribution in [0.25, 0.3) is 0 Å². The lowest BCUT2D eigenvalue weighted by Crippen LogP contribution is -2.56. The predicted octanol–water partition coefficient (Wildman–Crippen LogP) is 7.61. The quantitative estimate of drug-likeness (QED) is 0.165. The molecule has 248 valence electrons. The maximum Gasteiger partial charge on any atom is 0.264 e. The second-order valence-corrected chi connectivity index (χ2v) is 15.2. The molecule has 0 aromatic heterocycles. The molecule has 4 rings (SSSR count). The lowest BCUT2D eigenvalue weighted by Gasteiger charge is -2.36. The highest BCUT2D eigenvalue weighted by molar-refractivity contribution is 7.92. The molecule has 0 spiro atoms. The number of hydrogen-bond acceptors (Lipinski definition) is 4. The van der Waals surface area contributed by atoms with Crippen molar-refractivity contribution >= 4 is 50.7 Å². The molecule has 0 saturated heterocycles. The number of rotatable bonds is 12. The predicted molar refractivity (Wildman–Crippen MR) is 190 cm³/mol. The normalized spacial score (nSPS) is 12.3. The number of nitrogens with zero attached hydrogens (tertiary/aromatic N) is 2. The lowest BCUT2D eigenvalue weighted by molar-refractivity contribution is -0.140. The number of para-hydroxylation sites is 1. The van der Waals surface area contributed by atoms with Crippen LogP contribution in [0, 0.1) is 6.92 Å². The topological polar surface area (TPSA) is 86.8 Å². The average molecular weight is 695 g/mol. The number of amides is 2. The first kappa shape index (κ1) is 36.0. The van der Waals surface area contributed by atoms with Gasteiger partial charge in [0.1, 0.15) is 12.6 Å². The van der Waals surface area contributed by atoms with Gasteiger partial charge in [-0.1, -0.05) is 102 Å². The van der Waals surface area contributed by atoms with Crippen LogP contribution < -0.4 is 9.62 Å². The molecule has 4 aromatic carbocycles. The molecule has 0 aliphatic rings. The Balaban J connectivity index is 1.88. The number of carbonyl (C=O) groups is 2. The Morgan fingerprint density at radius 1 is 0.830 bits per heavy atom. The van der Waals surface area contributed by atoms with Crippen molar-refractivity contribution in [3.05, 3.63) is 129 Å². The van der Waals surface area contributed by atoms with Gasteiger partial charge in [-0.2, -0.15) is 0 Å². The molecule has 7 nitrogen and oxygen atoms in total. The molecule has 2 amide bonds. The third kappa shape index (κ3) is 9.15. The molecule has 0 heterocycles. The monoisotopic (exact) mass is 693 g/mol. The zero-order valence-corrected chi connectivity index (χ0v) is 29.7. The van der Waals surface area contributed by atoms with Gasteiger partial charge in [-0.05, 0) is 75.6 Å². The fourth-order valence-corrected chi connectivity index (χ4v) is 7.23. The van der Waals surface area contributed by atoms with Crippen LogP contribution in [0.2, 0.25) is 10.0 Å². The molecule has 1 atom stereocenters. The van der Waals surface area contributed by atoms with E-state index in [-0.39, 0.29) is 23.8 Å². The zero-order chi connectivity index (χ0) is 34.4. The minimum absolute atomic E-state index is 0.0498. The number of anilines is 1. The van der Waals surface area contributed by atoms with Crippen LogP contribution >= 0.6 is 23.2 Å². The molecule has 0 saturated carbocycles.